The summed E-state index contributed by atoms with van der Waals surface area (Å²) in [5.41, 5.74) is 3.36. The lowest BCUT2D eigenvalue weighted by atomic mass is 10.0. The van der Waals surface area contributed by atoms with Crippen LogP contribution in [0, 0.1) is 13.8 Å². The zero-order valence-electron chi connectivity index (χ0n) is 20.0. The Morgan fingerprint density at radius 1 is 0.971 bits per heavy atom. The molecule has 180 valence electrons. The molecule has 0 fully saturated rings. The first-order valence-electron chi connectivity index (χ1n) is 10.8. The quantitative estimate of drug-likeness (QED) is 0.489. The van der Waals surface area contributed by atoms with E-state index in [4.69, 9.17) is 9.47 Å². The Morgan fingerprint density at radius 3 is 2.29 bits per heavy atom. The number of nitrogens with zero attached hydrogens (tertiary/aromatic N) is 1. The Bertz CT molecular complexity index is 1260. The van der Waals surface area contributed by atoms with Gasteiger partial charge in [0.2, 0.25) is 5.91 Å². The molecule has 8 heteroatoms. The number of amides is 1. The lowest BCUT2D eigenvalue weighted by Crippen LogP contribution is -2.41. The molecule has 0 spiro atoms. The van der Waals surface area contributed by atoms with Gasteiger partial charge in [0, 0.05) is 6.07 Å². The van der Waals surface area contributed by atoms with Crippen LogP contribution < -0.4 is 19.1 Å². The summed E-state index contributed by atoms with van der Waals surface area (Å²) in [4.78, 5) is 13.2. The first-order chi connectivity index (χ1) is 16.2. The molecule has 0 aromatic heterocycles. The van der Waals surface area contributed by atoms with Gasteiger partial charge in [-0.3, -0.25) is 9.10 Å². The summed E-state index contributed by atoms with van der Waals surface area (Å²) in [7, 11) is -1.15. The number of methoxy groups -OCH3 is 2. The fourth-order valence-corrected chi connectivity index (χ4v) is 5.26. The topological polar surface area (TPSA) is 84.9 Å². The molecule has 0 bridgehead atoms. The molecular weight excluding hydrogens is 452 g/mol. The summed E-state index contributed by atoms with van der Waals surface area (Å²) < 4.78 is 39.0. The largest absolute Gasteiger partial charge is 0.497 e. The lowest BCUT2D eigenvalue weighted by molar-refractivity contribution is -0.120. The maximum Gasteiger partial charge on any atom is 0.264 e. The fourth-order valence-electron chi connectivity index (χ4n) is 3.82. The Balaban J connectivity index is 1.99. The van der Waals surface area contributed by atoms with Gasteiger partial charge in [-0.1, -0.05) is 42.0 Å². The van der Waals surface area contributed by atoms with Crippen LogP contribution >= 0.6 is 0 Å². The lowest BCUT2D eigenvalue weighted by Gasteiger charge is -2.27. The van der Waals surface area contributed by atoms with Crippen molar-refractivity contribution >= 4 is 21.6 Å². The molecule has 1 atom stereocenters. The molecule has 0 aliphatic carbocycles. The minimum atomic E-state index is -4.08. The van der Waals surface area contributed by atoms with Crippen molar-refractivity contribution in [1.29, 1.82) is 0 Å². The van der Waals surface area contributed by atoms with Crippen molar-refractivity contribution < 1.29 is 22.7 Å². The van der Waals surface area contributed by atoms with Gasteiger partial charge in [-0.05, 0) is 56.2 Å². The van der Waals surface area contributed by atoms with Crippen LogP contribution in [-0.4, -0.2) is 35.1 Å². The number of carbonyl (C=O) groups excluding carboxylic acids is 1. The first kappa shape index (κ1) is 25.1. The second-order valence-corrected chi connectivity index (χ2v) is 9.87. The molecule has 0 heterocycles. The number of hydrogen-bond donors (Lipinski definition) is 1. The van der Waals surface area contributed by atoms with Gasteiger partial charge in [-0.15, -0.1) is 0 Å². The summed E-state index contributed by atoms with van der Waals surface area (Å²) in [6.07, 6.45) is 0. The molecule has 0 aliphatic heterocycles. The highest BCUT2D eigenvalue weighted by molar-refractivity contribution is 7.92. The fraction of sp³-hybridized carbons (Fsp3) is 0.269. The highest BCUT2D eigenvalue weighted by Crippen LogP contribution is 2.35. The van der Waals surface area contributed by atoms with E-state index in [0.29, 0.717) is 11.5 Å². The molecule has 0 saturated carbocycles. The van der Waals surface area contributed by atoms with Gasteiger partial charge in [0.1, 0.15) is 18.0 Å². The third kappa shape index (κ3) is 5.51. The van der Waals surface area contributed by atoms with E-state index in [1.807, 2.05) is 39.0 Å². The van der Waals surface area contributed by atoms with Crippen molar-refractivity contribution in [2.75, 3.05) is 25.1 Å². The van der Waals surface area contributed by atoms with Crippen molar-refractivity contribution in [2.24, 2.45) is 0 Å². The number of carbonyl (C=O) groups is 1. The maximum atomic E-state index is 13.6. The van der Waals surface area contributed by atoms with Crippen LogP contribution in [0.5, 0.6) is 11.5 Å². The predicted octanol–water partition coefficient (Wildman–Crippen LogP) is 4.39. The number of nitrogens with one attached hydrogen (secondary N) is 1. The average Bonchev–Trinajstić information content (AvgIpc) is 2.82. The predicted molar refractivity (Wildman–Crippen MR) is 133 cm³/mol. The number of benzene rings is 3. The molecule has 3 rings (SSSR count). The van der Waals surface area contributed by atoms with Gasteiger partial charge < -0.3 is 14.8 Å². The standard InChI is InChI=1S/C26H30N2O5S/c1-18-11-13-23(19(2)15-18)20(3)27-26(29)17-28(34(30,31)22-9-7-6-8-10-22)24-16-21(32-4)12-14-25(24)33-5/h6-16,20H,17H2,1-5H3,(H,27,29)/t20-/m0/s1. The number of sulfonamides is 1. The van der Waals surface area contributed by atoms with E-state index in [9.17, 15) is 13.2 Å². The highest BCUT2D eigenvalue weighted by atomic mass is 32.2. The molecule has 0 radical (unpaired) electrons. The first-order valence-corrected chi connectivity index (χ1v) is 12.3. The van der Waals surface area contributed by atoms with Gasteiger partial charge >= 0.3 is 0 Å². The minimum Gasteiger partial charge on any atom is -0.497 e. The summed E-state index contributed by atoms with van der Waals surface area (Å²) in [5, 5.41) is 2.93. The van der Waals surface area contributed by atoms with E-state index in [-0.39, 0.29) is 16.6 Å². The van der Waals surface area contributed by atoms with Gasteiger partial charge in [-0.25, -0.2) is 8.42 Å². The summed E-state index contributed by atoms with van der Waals surface area (Å²) >= 11 is 0. The van der Waals surface area contributed by atoms with Crippen molar-refractivity contribution in [2.45, 2.75) is 31.7 Å². The summed E-state index contributed by atoms with van der Waals surface area (Å²) in [6.45, 7) is 5.43. The Morgan fingerprint density at radius 2 is 1.68 bits per heavy atom. The van der Waals surface area contributed by atoms with Crippen LogP contribution in [0.3, 0.4) is 0 Å². The van der Waals surface area contributed by atoms with Crippen molar-refractivity contribution in [1.82, 2.24) is 5.32 Å². The van der Waals surface area contributed by atoms with Crippen LogP contribution in [0.15, 0.2) is 71.6 Å². The number of anilines is 1. The molecule has 7 nitrogen and oxygen atoms in total. The molecule has 1 N–H and O–H groups in total. The van der Waals surface area contributed by atoms with Crippen LogP contribution in [0.4, 0.5) is 5.69 Å². The van der Waals surface area contributed by atoms with Crippen molar-refractivity contribution in [3.8, 4) is 11.5 Å². The third-order valence-electron chi connectivity index (χ3n) is 5.54. The Labute approximate surface area is 201 Å². The molecular formula is C26H30N2O5S. The smallest absolute Gasteiger partial charge is 0.264 e. The maximum absolute atomic E-state index is 13.6. The van der Waals surface area contributed by atoms with Gasteiger partial charge in [0.05, 0.1) is 30.8 Å². The number of hydrogen-bond acceptors (Lipinski definition) is 5. The molecule has 0 saturated heterocycles. The highest BCUT2D eigenvalue weighted by Gasteiger charge is 2.30. The second kappa shape index (κ2) is 10.6. The van der Waals surface area contributed by atoms with E-state index in [1.54, 1.807) is 36.4 Å². The van der Waals surface area contributed by atoms with Gasteiger partial charge in [0.25, 0.3) is 10.0 Å². The monoisotopic (exact) mass is 482 g/mol. The molecule has 34 heavy (non-hydrogen) atoms. The van der Waals surface area contributed by atoms with Crippen LogP contribution in [0.2, 0.25) is 0 Å². The van der Waals surface area contributed by atoms with Crippen LogP contribution in [0.25, 0.3) is 0 Å². The normalized spacial score (nSPS) is 12.0. The van der Waals surface area contributed by atoms with E-state index < -0.39 is 22.5 Å². The average molecular weight is 483 g/mol. The SMILES string of the molecule is COc1ccc(OC)c(N(CC(=O)N[C@@H](C)c2ccc(C)cc2C)S(=O)(=O)c2ccccc2)c1. The number of rotatable bonds is 9. The molecule has 0 aliphatic rings. The van der Waals surface area contributed by atoms with Crippen molar-refractivity contribution in [3.05, 3.63) is 83.4 Å². The molecule has 3 aromatic carbocycles. The van der Waals surface area contributed by atoms with E-state index in [2.05, 4.69) is 5.32 Å². The zero-order valence-corrected chi connectivity index (χ0v) is 20.8. The van der Waals surface area contributed by atoms with Crippen LogP contribution in [0.1, 0.15) is 29.7 Å². The second-order valence-electron chi connectivity index (χ2n) is 8.01. The van der Waals surface area contributed by atoms with E-state index in [0.717, 1.165) is 21.0 Å². The molecule has 3 aromatic rings. The summed E-state index contributed by atoms with van der Waals surface area (Å²) in [5.74, 6) is 0.292. The summed E-state index contributed by atoms with van der Waals surface area (Å²) in [6, 6.07) is 18.5. The Kier molecular flexibility index (Phi) is 7.83. The van der Waals surface area contributed by atoms with E-state index >= 15 is 0 Å². The zero-order chi connectivity index (χ0) is 24.9. The Hall–Kier alpha value is -3.52. The number of aryl methyl sites for hydroxylation is 2. The third-order valence-corrected chi connectivity index (χ3v) is 7.32. The number of ether oxygens (including phenoxy) is 2. The van der Waals surface area contributed by atoms with Gasteiger partial charge in [0.15, 0.2) is 0 Å². The van der Waals surface area contributed by atoms with E-state index in [1.165, 1.54) is 26.4 Å². The van der Waals surface area contributed by atoms with Crippen LogP contribution in [-0.2, 0) is 14.8 Å². The molecule has 1 amide bonds. The molecule has 0 unspecified atom stereocenters. The van der Waals surface area contributed by atoms with Crippen molar-refractivity contribution in [3.63, 3.8) is 0 Å². The van der Waals surface area contributed by atoms with Gasteiger partial charge in [-0.2, -0.15) is 0 Å². The minimum absolute atomic E-state index is 0.0649.